The maximum atomic E-state index is 5.68. The summed E-state index contributed by atoms with van der Waals surface area (Å²) >= 11 is 1.82. The van der Waals surface area contributed by atoms with Crippen LogP contribution in [-0.2, 0) is 19.9 Å². The van der Waals surface area contributed by atoms with Crippen LogP contribution in [0.1, 0.15) is 56.6 Å². The smallest absolute Gasteiger partial charge is 0.167 e. The summed E-state index contributed by atoms with van der Waals surface area (Å²) < 4.78 is 13.3. The number of fused-ring (bicyclic) bond motifs is 1. The zero-order chi connectivity index (χ0) is 24.2. The van der Waals surface area contributed by atoms with Crippen molar-refractivity contribution in [3.63, 3.8) is 0 Å². The molecule has 1 aromatic heterocycles. The molecule has 0 fully saturated rings. The molecule has 1 aliphatic rings. The predicted molar refractivity (Wildman–Crippen MR) is 142 cm³/mol. The first-order valence-electron chi connectivity index (χ1n) is 13.0. The van der Waals surface area contributed by atoms with Crippen molar-refractivity contribution in [3.8, 4) is 11.5 Å². The summed E-state index contributed by atoms with van der Waals surface area (Å²) in [6.07, 6.45) is 13.7. The molecule has 0 aliphatic heterocycles. The highest BCUT2D eigenvalue weighted by Gasteiger charge is 2.27. The first-order chi connectivity index (χ1) is 16.7. The molecule has 2 aromatic rings. The van der Waals surface area contributed by atoms with E-state index in [1.54, 1.807) is 14.2 Å². The van der Waals surface area contributed by atoms with Gasteiger partial charge in [-0.2, -0.15) is 0 Å². The third-order valence-electron chi connectivity index (χ3n) is 6.79. The molecular formula is C27H44N4O2S. The third kappa shape index (κ3) is 7.65. The maximum Gasteiger partial charge on any atom is 0.167 e. The van der Waals surface area contributed by atoms with E-state index in [1.165, 1.54) is 62.7 Å². The van der Waals surface area contributed by atoms with Crippen LogP contribution in [0.4, 0.5) is 0 Å². The van der Waals surface area contributed by atoms with E-state index < -0.39 is 0 Å². The van der Waals surface area contributed by atoms with Crippen molar-refractivity contribution < 1.29 is 9.47 Å². The second-order valence-electron chi connectivity index (χ2n) is 9.20. The number of methoxy groups -OCH3 is 2. The molecule has 3 rings (SSSR count). The van der Waals surface area contributed by atoms with Crippen molar-refractivity contribution in [2.75, 3.05) is 46.2 Å². The number of hydrogen-bond acceptors (Lipinski definition) is 6. The molecule has 1 N–H and O–H groups in total. The molecule has 0 bridgehead atoms. The Morgan fingerprint density at radius 1 is 1.12 bits per heavy atom. The van der Waals surface area contributed by atoms with Crippen molar-refractivity contribution in [1.29, 1.82) is 0 Å². The quantitative estimate of drug-likeness (QED) is 0.267. The lowest BCUT2D eigenvalue weighted by Gasteiger charge is -2.36. The van der Waals surface area contributed by atoms with Crippen LogP contribution in [0.25, 0.3) is 0 Å². The topological polar surface area (TPSA) is 51.6 Å². The second-order valence-corrected chi connectivity index (χ2v) is 10.3. The lowest BCUT2D eigenvalue weighted by atomic mass is 9.86. The zero-order valence-electron chi connectivity index (χ0n) is 21.6. The Balaban J connectivity index is 1.32. The molecule has 34 heavy (non-hydrogen) atoms. The van der Waals surface area contributed by atoms with Gasteiger partial charge in [0.05, 0.1) is 14.2 Å². The first kappa shape index (κ1) is 26.9. The van der Waals surface area contributed by atoms with Crippen LogP contribution in [-0.4, -0.2) is 66.6 Å². The number of nitrogens with one attached hydrogen (secondary N) is 1. The highest BCUT2D eigenvalue weighted by atomic mass is 32.2. The number of aryl methyl sites for hydroxylation is 1. The number of rotatable bonds is 16. The van der Waals surface area contributed by atoms with Gasteiger partial charge in [-0.05, 0) is 69.8 Å². The lowest BCUT2D eigenvalue weighted by molar-refractivity contribution is 0.175. The van der Waals surface area contributed by atoms with E-state index >= 15 is 0 Å². The molecule has 1 atom stereocenters. The van der Waals surface area contributed by atoms with Gasteiger partial charge < -0.3 is 24.3 Å². The molecule has 0 amide bonds. The molecular weight excluding hydrogens is 444 g/mol. The van der Waals surface area contributed by atoms with Crippen LogP contribution < -0.4 is 14.8 Å². The van der Waals surface area contributed by atoms with E-state index in [0.29, 0.717) is 6.04 Å². The number of nitrogens with zero attached hydrogens (tertiary/aromatic N) is 3. The summed E-state index contributed by atoms with van der Waals surface area (Å²) in [7, 11) is 5.52. The van der Waals surface area contributed by atoms with Crippen molar-refractivity contribution in [1.82, 2.24) is 19.8 Å². The minimum atomic E-state index is 0.642. The Morgan fingerprint density at radius 3 is 2.71 bits per heavy atom. The highest BCUT2D eigenvalue weighted by molar-refractivity contribution is 7.99. The number of unbranched alkanes of at least 4 members (excludes halogenated alkanes) is 3. The van der Waals surface area contributed by atoms with E-state index in [0.717, 1.165) is 48.3 Å². The van der Waals surface area contributed by atoms with E-state index in [2.05, 4.69) is 38.8 Å². The molecule has 0 radical (unpaired) electrons. The van der Waals surface area contributed by atoms with Crippen molar-refractivity contribution in [2.45, 2.75) is 69.5 Å². The van der Waals surface area contributed by atoms with Gasteiger partial charge in [-0.1, -0.05) is 37.6 Å². The highest BCUT2D eigenvalue weighted by Crippen LogP contribution is 2.38. The number of hydrogen-bond donors (Lipinski definition) is 1. The zero-order valence-corrected chi connectivity index (χ0v) is 22.5. The van der Waals surface area contributed by atoms with Crippen LogP contribution >= 0.6 is 11.8 Å². The molecule has 0 saturated heterocycles. The molecule has 1 aromatic carbocycles. The van der Waals surface area contributed by atoms with Gasteiger partial charge in [0.15, 0.2) is 16.7 Å². The maximum absolute atomic E-state index is 5.68. The Hall–Kier alpha value is -1.70. The van der Waals surface area contributed by atoms with Gasteiger partial charge in [-0.15, -0.1) is 0 Å². The molecule has 1 heterocycles. The molecule has 0 unspecified atom stereocenters. The first-order valence-corrected chi connectivity index (χ1v) is 13.9. The normalized spacial score (nSPS) is 15.5. The van der Waals surface area contributed by atoms with Crippen LogP contribution in [0.2, 0.25) is 0 Å². The summed E-state index contributed by atoms with van der Waals surface area (Å²) in [6, 6.07) is 4.95. The number of thioether (sulfide) groups is 1. The molecule has 0 spiro atoms. The fraction of sp³-hybridized carbons (Fsp3) is 0.667. The Bertz CT molecular complexity index is 857. The molecule has 190 valence electrons. The number of ether oxygens (including phenoxy) is 2. The third-order valence-corrected chi connectivity index (χ3v) is 7.85. The van der Waals surface area contributed by atoms with Gasteiger partial charge in [0.2, 0.25) is 0 Å². The van der Waals surface area contributed by atoms with Gasteiger partial charge >= 0.3 is 0 Å². The lowest BCUT2D eigenvalue weighted by Crippen LogP contribution is -2.40. The van der Waals surface area contributed by atoms with Gasteiger partial charge in [-0.25, -0.2) is 4.98 Å². The number of aromatic nitrogens is 2. The molecule has 1 aliphatic carbocycles. The van der Waals surface area contributed by atoms with Gasteiger partial charge in [0.1, 0.15) is 0 Å². The Kier molecular flexibility index (Phi) is 11.6. The average molecular weight is 489 g/mol. The number of benzene rings is 1. The monoisotopic (exact) mass is 488 g/mol. The van der Waals surface area contributed by atoms with Crippen LogP contribution in [0.5, 0.6) is 11.5 Å². The molecule has 6 nitrogen and oxygen atoms in total. The standard InChI is InChI=1S/C27H44N4O2S/c1-5-17-31(23-11-12-24-22(21-23)10-13-25(32-3)26(24)33-4)18-9-7-6-8-14-28-16-20-34-27-29-15-19-30(27)2/h10,13,15,19,23,28H,5-9,11-12,14,16-18,20-21H2,1-4H3/t23-/m0/s1. The van der Waals surface area contributed by atoms with Crippen molar-refractivity contribution >= 4 is 11.8 Å². The van der Waals surface area contributed by atoms with Gasteiger partial charge in [0.25, 0.3) is 0 Å². The largest absolute Gasteiger partial charge is 0.493 e. The summed E-state index contributed by atoms with van der Waals surface area (Å²) in [5, 5.41) is 4.67. The SMILES string of the molecule is CCCN(CCCCCCNCCSc1nccn1C)[C@H]1CCc2c(ccc(OC)c2OC)C1. The Labute approximate surface area is 210 Å². The van der Waals surface area contributed by atoms with Crippen LogP contribution in [0.3, 0.4) is 0 Å². The van der Waals surface area contributed by atoms with E-state index in [1.807, 2.05) is 31.2 Å². The second kappa shape index (κ2) is 14.6. The van der Waals surface area contributed by atoms with E-state index in [4.69, 9.17) is 9.47 Å². The van der Waals surface area contributed by atoms with Gasteiger partial charge in [-0.3, -0.25) is 0 Å². The summed E-state index contributed by atoms with van der Waals surface area (Å²) in [6.45, 7) is 6.87. The fourth-order valence-electron chi connectivity index (χ4n) is 4.99. The van der Waals surface area contributed by atoms with E-state index in [-0.39, 0.29) is 0 Å². The van der Waals surface area contributed by atoms with Crippen LogP contribution in [0, 0.1) is 0 Å². The fourth-order valence-corrected chi connectivity index (χ4v) is 5.82. The average Bonchev–Trinajstić information content (AvgIpc) is 3.27. The van der Waals surface area contributed by atoms with E-state index in [9.17, 15) is 0 Å². The summed E-state index contributed by atoms with van der Waals surface area (Å²) in [5.74, 6) is 2.86. The van der Waals surface area contributed by atoms with Crippen molar-refractivity contribution in [3.05, 3.63) is 35.7 Å². The Morgan fingerprint density at radius 2 is 1.97 bits per heavy atom. The molecule has 0 saturated carbocycles. The van der Waals surface area contributed by atoms with Gasteiger partial charge in [0, 0.05) is 43.3 Å². The number of imidazole rings is 1. The summed E-state index contributed by atoms with van der Waals surface area (Å²) in [4.78, 5) is 7.10. The van der Waals surface area contributed by atoms with Crippen molar-refractivity contribution in [2.24, 2.45) is 7.05 Å². The minimum absolute atomic E-state index is 0.642. The van der Waals surface area contributed by atoms with Crippen LogP contribution in [0.15, 0.2) is 29.7 Å². The summed E-state index contributed by atoms with van der Waals surface area (Å²) in [5.41, 5.74) is 2.78. The minimum Gasteiger partial charge on any atom is -0.493 e. The predicted octanol–water partition coefficient (Wildman–Crippen LogP) is 4.95. The molecule has 7 heteroatoms.